The third kappa shape index (κ3) is 2.30. The van der Waals surface area contributed by atoms with Crippen LogP contribution in [0.1, 0.15) is 50.7 Å². The molecule has 0 amide bonds. The van der Waals surface area contributed by atoms with Gasteiger partial charge in [-0.25, -0.2) is 9.97 Å². The van der Waals surface area contributed by atoms with Crippen LogP contribution in [0.5, 0.6) is 0 Å². The molecule has 24 heavy (non-hydrogen) atoms. The molecule has 0 atom stereocenters. The Labute approximate surface area is 141 Å². The highest BCUT2D eigenvalue weighted by Gasteiger charge is 2.16. The molecule has 0 saturated carbocycles. The summed E-state index contributed by atoms with van der Waals surface area (Å²) in [4.78, 5) is 9.43. The molecule has 0 aliphatic rings. The van der Waals surface area contributed by atoms with Gasteiger partial charge in [-0.3, -0.25) is 0 Å². The zero-order valence-corrected chi connectivity index (χ0v) is 14.6. The van der Waals surface area contributed by atoms with Gasteiger partial charge in [0.25, 0.3) is 0 Å². The van der Waals surface area contributed by atoms with E-state index >= 15 is 0 Å². The van der Waals surface area contributed by atoms with E-state index < -0.39 is 0 Å². The van der Waals surface area contributed by atoms with E-state index in [1.54, 1.807) is 0 Å². The van der Waals surface area contributed by atoms with Crippen molar-refractivity contribution in [3.63, 3.8) is 0 Å². The quantitative estimate of drug-likeness (QED) is 0.538. The highest BCUT2D eigenvalue weighted by Crippen LogP contribution is 2.32. The van der Waals surface area contributed by atoms with Crippen LogP contribution in [0.15, 0.2) is 49.2 Å². The molecule has 4 aromatic heterocycles. The smallest absolute Gasteiger partial charge is 0.140 e. The van der Waals surface area contributed by atoms with E-state index in [1.165, 1.54) is 16.7 Å². The Morgan fingerprint density at radius 1 is 0.917 bits per heavy atom. The summed E-state index contributed by atoms with van der Waals surface area (Å²) in [7, 11) is 0. The summed E-state index contributed by atoms with van der Waals surface area (Å²) in [6.07, 6.45) is 10.1. The number of imidazole rings is 2. The van der Waals surface area contributed by atoms with E-state index in [4.69, 9.17) is 4.98 Å². The fraction of sp³-hybridized carbons (Fsp3) is 0.300. The molecule has 4 heterocycles. The van der Waals surface area contributed by atoms with E-state index in [1.807, 2.05) is 12.4 Å². The van der Waals surface area contributed by atoms with E-state index in [-0.39, 0.29) is 0 Å². The Balaban J connectivity index is 1.93. The van der Waals surface area contributed by atoms with Crippen molar-refractivity contribution in [3.8, 4) is 11.3 Å². The molecule has 0 saturated heterocycles. The largest absolute Gasteiger partial charge is 0.307 e. The molecular weight excluding hydrogens is 296 g/mol. The summed E-state index contributed by atoms with van der Waals surface area (Å²) in [5.74, 6) is 0.879. The zero-order valence-electron chi connectivity index (χ0n) is 14.6. The summed E-state index contributed by atoms with van der Waals surface area (Å²) < 4.78 is 4.17. The lowest BCUT2D eigenvalue weighted by Gasteiger charge is -2.12. The Hall–Kier alpha value is -2.62. The van der Waals surface area contributed by atoms with Crippen molar-refractivity contribution >= 4 is 11.3 Å². The van der Waals surface area contributed by atoms with Crippen molar-refractivity contribution < 1.29 is 0 Å². The first-order chi connectivity index (χ1) is 11.5. The second-order valence-electron chi connectivity index (χ2n) is 6.96. The summed E-state index contributed by atoms with van der Waals surface area (Å²) in [6.45, 7) is 8.83. The average molecular weight is 318 g/mol. The van der Waals surface area contributed by atoms with Gasteiger partial charge in [0.1, 0.15) is 11.3 Å². The highest BCUT2D eigenvalue weighted by molar-refractivity contribution is 5.73. The maximum Gasteiger partial charge on any atom is 0.140 e. The molecule has 4 heteroatoms. The van der Waals surface area contributed by atoms with Gasteiger partial charge in [0, 0.05) is 42.1 Å². The number of rotatable bonds is 3. The second kappa shape index (κ2) is 5.48. The number of hydrogen-bond acceptors (Lipinski definition) is 2. The van der Waals surface area contributed by atoms with Crippen LogP contribution in [0.25, 0.3) is 22.6 Å². The Morgan fingerprint density at radius 3 is 2.46 bits per heavy atom. The molecular formula is C20H22N4. The van der Waals surface area contributed by atoms with Crippen LogP contribution in [0, 0.1) is 0 Å². The summed E-state index contributed by atoms with van der Waals surface area (Å²) in [5.41, 5.74) is 6.74. The summed E-state index contributed by atoms with van der Waals surface area (Å²) >= 11 is 0. The second-order valence-corrected chi connectivity index (χ2v) is 6.96. The van der Waals surface area contributed by atoms with Gasteiger partial charge in [0.15, 0.2) is 0 Å². The van der Waals surface area contributed by atoms with Crippen LogP contribution < -0.4 is 0 Å². The molecule has 122 valence electrons. The first kappa shape index (κ1) is 14.9. The van der Waals surface area contributed by atoms with Crippen molar-refractivity contribution in [2.75, 3.05) is 0 Å². The van der Waals surface area contributed by atoms with Gasteiger partial charge in [-0.2, -0.15) is 0 Å². The van der Waals surface area contributed by atoms with Crippen molar-refractivity contribution in [3.05, 3.63) is 60.3 Å². The summed E-state index contributed by atoms with van der Waals surface area (Å²) in [5, 5.41) is 0. The van der Waals surface area contributed by atoms with Crippen molar-refractivity contribution in [2.45, 2.75) is 39.5 Å². The number of aromatic nitrogens is 4. The first-order valence-corrected chi connectivity index (χ1v) is 8.49. The van der Waals surface area contributed by atoms with Crippen molar-refractivity contribution in [2.24, 2.45) is 0 Å². The maximum absolute atomic E-state index is 4.89. The molecule has 0 N–H and O–H groups in total. The molecule has 0 radical (unpaired) electrons. The zero-order chi connectivity index (χ0) is 16.8. The van der Waals surface area contributed by atoms with E-state index in [2.05, 4.69) is 78.3 Å². The fourth-order valence-corrected chi connectivity index (χ4v) is 3.29. The Kier molecular flexibility index (Phi) is 3.41. The van der Waals surface area contributed by atoms with Crippen LogP contribution in [-0.4, -0.2) is 18.8 Å². The minimum atomic E-state index is 0.377. The number of hydrogen-bond donors (Lipinski definition) is 0. The van der Waals surface area contributed by atoms with Crippen LogP contribution in [-0.2, 0) is 0 Å². The number of nitrogens with zero attached hydrogens (tertiary/aromatic N) is 4. The molecule has 4 rings (SSSR count). The lowest BCUT2D eigenvalue weighted by molar-refractivity contribution is 0.863. The van der Waals surface area contributed by atoms with Gasteiger partial charge in [-0.1, -0.05) is 27.7 Å². The van der Waals surface area contributed by atoms with E-state index in [0.717, 1.165) is 17.0 Å². The minimum Gasteiger partial charge on any atom is -0.307 e. The molecule has 4 nitrogen and oxygen atoms in total. The third-order valence-corrected chi connectivity index (χ3v) is 4.61. The molecule has 0 aliphatic carbocycles. The van der Waals surface area contributed by atoms with Crippen LogP contribution in [0.2, 0.25) is 0 Å². The van der Waals surface area contributed by atoms with Crippen LogP contribution in [0.3, 0.4) is 0 Å². The normalized spacial score (nSPS) is 12.1. The third-order valence-electron chi connectivity index (χ3n) is 4.61. The predicted molar refractivity (Wildman–Crippen MR) is 97.6 cm³/mol. The van der Waals surface area contributed by atoms with Gasteiger partial charge in [-0.05, 0) is 35.6 Å². The molecule has 0 spiro atoms. The van der Waals surface area contributed by atoms with Crippen molar-refractivity contribution in [1.29, 1.82) is 0 Å². The van der Waals surface area contributed by atoms with Gasteiger partial charge >= 0.3 is 0 Å². The molecule has 0 fully saturated rings. The maximum atomic E-state index is 4.89. The first-order valence-electron chi connectivity index (χ1n) is 8.49. The SMILES string of the molecule is CC(C)c1ccn2cc(-c3ccn4ccnc4c3C(C)C)nc2c1. The number of fused-ring (bicyclic) bond motifs is 2. The predicted octanol–water partition coefficient (Wildman–Crippen LogP) is 4.90. The fourth-order valence-electron chi connectivity index (χ4n) is 3.29. The molecule has 0 unspecified atom stereocenters. The summed E-state index contributed by atoms with van der Waals surface area (Å²) in [6, 6.07) is 6.50. The monoisotopic (exact) mass is 318 g/mol. The van der Waals surface area contributed by atoms with Crippen molar-refractivity contribution in [1.82, 2.24) is 18.8 Å². The molecule has 4 aromatic rings. The molecule has 0 aromatic carbocycles. The van der Waals surface area contributed by atoms with Gasteiger partial charge in [-0.15, -0.1) is 0 Å². The number of pyridine rings is 2. The minimum absolute atomic E-state index is 0.377. The Morgan fingerprint density at radius 2 is 1.71 bits per heavy atom. The molecule has 0 bridgehead atoms. The average Bonchev–Trinajstić information content (AvgIpc) is 3.18. The van der Waals surface area contributed by atoms with E-state index in [0.29, 0.717) is 11.8 Å². The van der Waals surface area contributed by atoms with Gasteiger partial charge in [0.05, 0.1) is 5.69 Å². The standard InChI is InChI=1S/C20H22N4/c1-13(2)15-5-8-24-12-17(22-18(24)11-15)16-6-9-23-10-7-21-20(23)19(16)14(3)4/h5-14H,1-4H3. The Bertz CT molecular complexity index is 1020. The molecule has 0 aliphatic heterocycles. The topological polar surface area (TPSA) is 34.6 Å². The van der Waals surface area contributed by atoms with Crippen LogP contribution >= 0.6 is 0 Å². The lowest BCUT2D eigenvalue weighted by atomic mass is 9.97. The van der Waals surface area contributed by atoms with Crippen LogP contribution in [0.4, 0.5) is 0 Å². The van der Waals surface area contributed by atoms with Gasteiger partial charge < -0.3 is 8.80 Å². The van der Waals surface area contributed by atoms with E-state index in [9.17, 15) is 0 Å². The van der Waals surface area contributed by atoms with Gasteiger partial charge in [0.2, 0.25) is 0 Å². The lowest BCUT2D eigenvalue weighted by Crippen LogP contribution is -1.98. The highest BCUT2D eigenvalue weighted by atomic mass is 15.0.